The maximum atomic E-state index is 14.6. The number of hydrogen-bond acceptors (Lipinski definition) is 16. The van der Waals surface area contributed by atoms with Crippen LogP contribution in [0, 0.1) is 0 Å². The Kier molecular flexibility index (Phi) is 16.5. The Labute approximate surface area is 404 Å². The van der Waals surface area contributed by atoms with Gasteiger partial charge in [-0.3, -0.25) is 4.99 Å². The Bertz CT molecular complexity index is 2570. The van der Waals surface area contributed by atoms with Gasteiger partial charge in [-0.25, -0.2) is 44.2 Å². The lowest BCUT2D eigenvalue weighted by molar-refractivity contribution is 0.0225. The third-order valence-corrected chi connectivity index (χ3v) is 14.6. The molecule has 356 valence electrons. The zero-order valence-electron chi connectivity index (χ0n) is 37.5. The van der Waals surface area contributed by atoms with E-state index in [1.807, 2.05) is 6.92 Å². The number of hydrazine groups is 1. The van der Waals surface area contributed by atoms with Gasteiger partial charge in [0.15, 0.2) is 0 Å². The molecule has 0 amide bonds. The Morgan fingerprint density at radius 3 is 1.11 bits per heavy atom. The highest BCUT2D eigenvalue weighted by Crippen LogP contribution is 2.30. The van der Waals surface area contributed by atoms with Crippen molar-refractivity contribution in [3.05, 3.63) is 215 Å². The molecule has 1 unspecified atom stereocenters. The summed E-state index contributed by atoms with van der Waals surface area (Å²) in [6.45, 7) is 1.81. The van der Waals surface area contributed by atoms with E-state index in [4.69, 9.17) is 37.3 Å². The van der Waals surface area contributed by atoms with Gasteiger partial charge in [0.25, 0.3) is 0 Å². The number of hydrogen-bond donors (Lipinski definition) is 3. The van der Waals surface area contributed by atoms with Crippen LogP contribution < -0.4 is 16.5 Å². The van der Waals surface area contributed by atoms with Gasteiger partial charge in [0.2, 0.25) is 17.2 Å². The van der Waals surface area contributed by atoms with Gasteiger partial charge >= 0.3 is 53.4 Å². The minimum Gasteiger partial charge on any atom is -0.449 e. The Balaban J connectivity index is 1.55. The number of nitrogens with one attached hydrogen (secondary N) is 2. The first-order valence-corrected chi connectivity index (χ1v) is 25.4. The third kappa shape index (κ3) is 12.1. The van der Waals surface area contributed by atoms with E-state index in [0.717, 1.165) is 0 Å². The van der Waals surface area contributed by atoms with Gasteiger partial charge in [0, 0.05) is 13.1 Å². The van der Waals surface area contributed by atoms with Crippen LogP contribution in [0.2, 0.25) is 0 Å². The number of benzene rings is 6. The lowest BCUT2D eigenvalue weighted by atomic mass is 10.2. The molecule has 4 N–H and O–H groups in total. The van der Waals surface area contributed by atoms with E-state index in [2.05, 4.69) is 15.7 Å². The second kappa shape index (κ2) is 23.4. The molecule has 0 saturated heterocycles. The van der Waals surface area contributed by atoms with Gasteiger partial charge < -0.3 is 37.6 Å². The molecule has 70 heavy (non-hydrogen) atoms. The zero-order chi connectivity index (χ0) is 49.4. The van der Waals surface area contributed by atoms with Crippen LogP contribution in [0.5, 0.6) is 0 Å². The van der Waals surface area contributed by atoms with Gasteiger partial charge in [0.05, 0.1) is 39.9 Å². The Morgan fingerprint density at radius 2 is 0.829 bits per heavy atom. The number of carbonyl (C=O) groups is 6. The summed E-state index contributed by atoms with van der Waals surface area (Å²) in [7, 11) is -11.4. The fourth-order valence-corrected chi connectivity index (χ4v) is 11.1. The summed E-state index contributed by atoms with van der Waals surface area (Å²) >= 11 is 0. The molecule has 6 aromatic carbocycles. The smallest absolute Gasteiger partial charge is 0.449 e. The minimum atomic E-state index is -5.68. The molecular weight excluding hydrogens is 933 g/mol. The molecule has 0 spiro atoms. The molecule has 1 aliphatic heterocycles. The van der Waals surface area contributed by atoms with Crippen molar-refractivity contribution < 1.29 is 55.3 Å². The average Bonchev–Trinajstić information content (AvgIpc) is 3.40. The third-order valence-electron chi connectivity index (χ3n) is 9.93. The van der Waals surface area contributed by atoms with E-state index in [0.29, 0.717) is 6.42 Å². The molecule has 18 nitrogen and oxygen atoms in total. The van der Waals surface area contributed by atoms with Gasteiger partial charge in [0.1, 0.15) is 0 Å². The first-order chi connectivity index (χ1) is 34.0. The maximum Gasteiger partial charge on any atom is 0.780 e. The summed E-state index contributed by atoms with van der Waals surface area (Å²) in [6.07, 6.45) is 0.451. The van der Waals surface area contributed by atoms with Crippen molar-refractivity contribution >= 4 is 64.8 Å². The topological polar surface area (TPSA) is 236 Å². The Morgan fingerprint density at radius 1 is 0.529 bits per heavy atom. The molecule has 0 bridgehead atoms. The lowest BCUT2D eigenvalue weighted by Gasteiger charge is -2.42. The SMILES string of the molecule is CCCNN1C(=NCCN)NC([Si](OC(=O)c2ccccc2)(OC(=O)c2ccccc2)OC(=O)c2ccccc2)=NC1[Si](OC(=O)c1ccccc1)(OC(=O)c1ccccc1)OC(=O)c1ccccc1. The summed E-state index contributed by atoms with van der Waals surface area (Å²) in [5.41, 5.74) is 8.14. The highest BCUT2D eigenvalue weighted by Gasteiger charge is 2.70. The molecule has 0 aromatic heterocycles. The monoisotopic (exact) mass is 978 g/mol. The number of carbonyl (C=O) groups excluding carboxylic acids is 6. The lowest BCUT2D eigenvalue weighted by Crippen LogP contribution is -2.75. The number of nitrogens with zero attached hydrogens (tertiary/aromatic N) is 3. The summed E-state index contributed by atoms with van der Waals surface area (Å²) in [6, 6.07) is 45.6. The van der Waals surface area contributed by atoms with E-state index in [9.17, 15) is 28.8 Å². The second-order valence-electron chi connectivity index (χ2n) is 14.9. The van der Waals surface area contributed by atoms with E-state index < -0.39 is 64.7 Å². The van der Waals surface area contributed by atoms with Crippen LogP contribution >= 0.6 is 0 Å². The van der Waals surface area contributed by atoms with Crippen LogP contribution in [0.3, 0.4) is 0 Å². The van der Waals surface area contributed by atoms with Crippen LogP contribution in [-0.4, -0.2) is 95.3 Å². The molecule has 0 fully saturated rings. The highest BCUT2D eigenvalue weighted by molar-refractivity contribution is 6.96. The molecule has 0 saturated carbocycles. The predicted octanol–water partition coefficient (Wildman–Crippen LogP) is 5.94. The van der Waals surface area contributed by atoms with Gasteiger partial charge in [-0.2, -0.15) is 0 Å². The van der Waals surface area contributed by atoms with Crippen molar-refractivity contribution in [2.24, 2.45) is 15.7 Å². The van der Waals surface area contributed by atoms with Gasteiger partial charge in [-0.1, -0.05) is 116 Å². The maximum absolute atomic E-state index is 14.6. The normalized spacial score (nSPS) is 14.0. The number of guanidine groups is 1. The summed E-state index contributed by atoms with van der Waals surface area (Å²) in [4.78, 5) is 96.7. The summed E-state index contributed by atoms with van der Waals surface area (Å²) in [5.74, 6) is -9.06. The molecule has 7 rings (SSSR count). The highest BCUT2D eigenvalue weighted by atomic mass is 28.4. The predicted molar refractivity (Wildman–Crippen MR) is 259 cm³/mol. The summed E-state index contributed by atoms with van der Waals surface area (Å²) < 4.78 is 37.7. The van der Waals surface area contributed by atoms with Crippen molar-refractivity contribution in [2.45, 2.75) is 19.1 Å². The largest absolute Gasteiger partial charge is 0.780 e. The van der Waals surface area contributed by atoms with E-state index >= 15 is 0 Å². The van der Waals surface area contributed by atoms with E-state index in [1.54, 1.807) is 109 Å². The quantitative estimate of drug-likeness (QED) is 0.0796. The molecule has 20 heteroatoms. The molecule has 1 heterocycles. The van der Waals surface area contributed by atoms with Crippen molar-refractivity contribution in [1.82, 2.24) is 15.8 Å². The molecular formula is C50H46N6O12Si2. The summed E-state index contributed by atoms with van der Waals surface area (Å²) in [5, 5.41) is 4.15. The fourth-order valence-electron chi connectivity index (χ4n) is 6.55. The Hall–Kier alpha value is -8.57. The molecule has 1 atom stereocenters. The van der Waals surface area contributed by atoms with Crippen LogP contribution in [0.25, 0.3) is 0 Å². The zero-order valence-corrected chi connectivity index (χ0v) is 39.5. The van der Waals surface area contributed by atoms with Gasteiger partial charge in [-0.15, -0.1) is 0 Å². The van der Waals surface area contributed by atoms with Gasteiger partial charge in [-0.05, 0) is 79.2 Å². The minimum absolute atomic E-state index is 0.0426. The molecule has 0 radical (unpaired) electrons. The van der Waals surface area contributed by atoms with Crippen LogP contribution in [0.4, 0.5) is 0 Å². The molecule has 6 aromatic rings. The number of rotatable bonds is 19. The van der Waals surface area contributed by atoms with Crippen molar-refractivity contribution in [3.8, 4) is 0 Å². The van der Waals surface area contributed by atoms with E-state index in [-0.39, 0.29) is 59.0 Å². The van der Waals surface area contributed by atoms with Crippen molar-refractivity contribution in [1.29, 1.82) is 0 Å². The number of aliphatic imine (C=N–C) groups is 2. The second-order valence-corrected chi connectivity index (χ2v) is 19.5. The van der Waals surface area contributed by atoms with Crippen molar-refractivity contribution in [3.63, 3.8) is 0 Å². The first-order valence-electron chi connectivity index (χ1n) is 21.9. The fraction of sp³-hybridized carbons (Fsp3) is 0.120. The number of nitrogens with two attached hydrogens (primary N) is 1. The van der Waals surface area contributed by atoms with Crippen LogP contribution in [0.1, 0.15) is 75.5 Å². The van der Waals surface area contributed by atoms with Crippen LogP contribution in [-0.2, 0) is 26.6 Å². The molecule has 0 aliphatic carbocycles. The average molecular weight is 979 g/mol. The standard InChI is InChI=1S/C50H46N6O12Si2/c1-2-34-53-56-48(52-35-33-51)54-49(69(63-42(57)36-21-9-3-10-22-36,64-43(58)37-23-11-4-12-24-37)65-44(59)38-25-13-5-14-26-38)55-50(56)70(66-45(60)39-27-15-6-16-28-39,67-46(61)40-29-17-7-18-30-40)68-47(62)41-31-19-8-20-32-41/h3-32,50,53H,2,33-35,51H2,1H3,(H,52,54,55). The molecule has 1 aliphatic rings. The number of amidine groups is 1. The van der Waals surface area contributed by atoms with E-state index in [1.165, 1.54) is 77.8 Å². The van der Waals surface area contributed by atoms with Crippen LogP contribution in [0.15, 0.2) is 192 Å². The first kappa shape index (κ1) is 49.3. The van der Waals surface area contributed by atoms with Crippen molar-refractivity contribution in [2.75, 3.05) is 19.6 Å².